The maximum atomic E-state index is 12.6. The lowest BCUT2D eigenvalue weighted by atomic mass is 9.82. The lowest BCUT2D eigenvalue weighted by molar-refractivity contribution is 0.0159. The molecule has 1 aliphatic rings. The van der Waals surface area contributed by atoms with Crippen molar-refractivity contribution in [3.63, 3.8) is 0 Å². The van der Waals surface area contributed by atoms with Gasteiger partial charge in [-0.05, 0) is 48.6 Å². The lowest BCUT2D eigenvalue weighted by Gasteiger charge is -2.48. The Hall–Kier alpha value is -2.52. The standard InChI is InChI=1S/C26H34N4O3S/c1-20-8-4-5-9-23(20)21-10-12-22(13-11-21)24-16-30(25(24)18-31)15-7-6-14-29(3)34(32,33)26-17-28(2)19-27-26/h4-5,8-13,17,19,24-25,31H,6-7,14-16,18H2,1-3H3/t24-,25+/m0/s1. The predicted molar refractivity (Wildman–Crippen MR) is 134 cm³/mol. The first kappa shape index (κ1) is 24.6. The van der Waals surface area contributed by atoms with Crippen molar-refractivity contribution in [2.75, 3.05) is 33.3 Å². The molecule has 0 amide bonds. The van der Waals surface area contributed by atoms with Crippen molar-refractivity contribution in [1.29, 1.82) is 0 Å². The smallest absolute Gasteiger partial charge is 0.261 e. The maximum Gasteiger partial charge on any atom is 0.261 e. The van der Waals surface area contributed by atoms with Crippen molar-refractivity contribution < 1.29 is 13.5 Å². The SMILES string of the molecule is Cc1ccccc1-c1ccc([C@@H]2CN(CCCCN(C)S(=O)(=O)c3cn(C)cn3)[C@@H]2CO)cc1. The summed E-state index contributed by atoms with van der Waals surface area (Å²) in [4.78, 5) is 6.27. The number of aryl methyl sites for hydroxylation is 2. The molecule has 1 N–H and O–H groups in total. The van der Waals surface area contributed by atoms with Gasteiger partial charge in [0.1, 0.15) is 0 Å². The molecule has 0 saturated carbocycles. The summed E-state index contributed by atoms with van der Waals surface area (Å²) >= 11 is 0. The van der Waals surface area contributed by atoms with Crippen LogP contribution in [0, 0.1) is 6.92 Å². The normalized spacial score (nSPS) is 18.9. The Morgan fingerprint density at radius 1 is 1.12 bits per heavy atom. The Bertz CT molecular complexity index is 1210. The van der Waals surface area contributed by atoms with Gasteiger partial charge in [-0.2, -0.15) is 4.31 Å². The van der Waals surface area contributed by atoms with Crippen LogP contribution < -0.4 is 0 Å². The summed E-state index contributed by atoms with van der Waals surface area (Å²) in [5, 5.41) is 10.1. The number of unbranched alkanes of at least 4 members (excludes halogenated alkanes) is 1. The van der Waals surface area contributed by atoms with Crippen LogP contribution in [0.4, 0.5) is 0 Å². The minimum absolute atomic E-state index is 0.0804. The second kappa shape index (κ2) is 10.4. The van der Waals surface area contributed by atoms with E-state index < -0.39 is 10.0 Å². The largest absolute Gasteiger partial charge is 0.395 e. The number of likely N-dealkylation sites (tertiary alicyclic amines) is 1. The molecule has 182 valence electrons. The Morgan fingerprint density at radius 2 is 1.85 bits per heavy atom. The zero-order chi connectivity index (χ0) is 24.3. The summed E-state index contributed by atoms with van der Waals surface area (Å²) in [6, 6.07) is 17.2. The van der Waals surface area contributed by atoms with E-state index >= 15 is 0 Å². The first-order valence-electron chi connectivity index (χ1n) is 11.8. The van der Waals surface area contributed by atoms with Gasteiger partial charge in [-0.15, -0.1) is 0 Å². The van der Waals surface area contributed by atoms with Gasteiger partial charge in [0.15, 0.2) is 5.03 Å². The van der Waals surface area contributed by atoms with E-state index in [2.05, 4.69) is 65.3 Å². The summed E-state index contributed by atoms with van der Waals surface area (Å²) < 4.78 is 28.2. The number of rotatable bonds is 10. The van der Waals surface area contributed by atoms with Crippen LogP contribution >= 0.6 is 0 Å². The monoisotopic (exact) mass is 482 g/mol. The number of aliphatic hydroxyl groups is 1. The van der Waals surface area contributed by atoms with Gasteiger partial charge >= 0.3 is 0 Å². The van der Waals surface area contributed by atoms with Crippen molar-refractivity contribution in [2.45, 2.75) is 36.8 Å². The fourth-order valence-electron chi connectivity index (χ4n) is 4.71. The predicted octanol–water partition coefficient (Wildman–Crippen LogP) is 3.26. The van der Waals surface area contributed by atoms with E-state index in [0.29, 0.717) is 12.5 Å². The van der Waals surface area contributed by atoms with Crippen LogP contribution in [0.2, 0.25) is 0 Å². The highest BCUT2D eigenvalue weighted by atomic mass is 32.2. The highest BCUT2D eigenvalue weighted by molar-refractivity contribution is 7.89. The average Bonchev–Trinajstić information content (AvgIpc) is 3.26. The van der Waals surface area contributed by atoms with E-state index in [-0.39, 0.29) is 17.7 Å². The molecule has 34 heavy (non-hydrogen) atoms. The van der Waals surface area contributed by atoms with Gasteiger partial charge in [-0.1, -0.05) is 48.5 Å². The first-order chi connectivity index (χ1) is 16.3. The Morgan fingerprint density at radius 3 is 2.50 bits per heavy atom. The summed E-state index contributed by atoms with van der Waals surface area (Å²) in [5.74, 6) is 0.322. The molecule has 4 rings (SSSR count). The third kappa shape index (κ3) is 5.10. The zero-order valence-electron chi connectivity index (χ0n) is 20.1. The molecule has 1 saturated heterocycles. The van der Waals surface area contributed by atoms with Crippen LogP contribution in [0.3, 0.4) is 0 Å². The van der Waals surface area contributed by atoms with Crippen molar-refractivity contribution in [3.8, 4) is 11.1 Å². The van der Waals surface area contributed by atoms with Crippen molar-refractivity contribution >= 4 is 10.0 Å². The molecule has 2 heterocycles. The summed E-state index contributed by atoms with van der Waals surface area (Å²) in [6.07, 6.45) is 4.64. The minimum Gasteiger partial charge on any atom is -0.395 e. The number of aliphatic hydroxyl groups excluding tert-OH is 1. The molecule has 0 radical (unpaired) electrons. The molecule has 8 heteroatoms. The van der Waals surface area contributed by atoms with E-state index in [1.54, 1.807) is 18.7 Å². The lowest BCUT2D eigenvalue weighted by Crippen LogP contribution is -2.56. The molecule has 0 spiro atoms. The van der Waals surface area contributed by atoms with Gasteiger partial charge in [0.05, 0.1) is 12.9 Å². The van der Waals surface area contributed by atoms with Gasteiger partial charge in [0, 0.05) is 45.3 Å². The van der Waals surface area contributed by atoms with Crippen LogP contribution in [0.15, 0.2) is 66.1 Å². The van der Waals surface area contributed by atoms with Gasteiger partial charge in [-0.25, -0.2) is 13.4 Å². The number of hydrogen-bond acceptors (Lipinski definition) is 5. The second-order valence-electron chi connectivity index (χ2n) is 9.20. The van der Waals surface area contributed by atoms with Crippen molar-refractivity contribution in [2.24, 2.45) is 7.05 Å². The molecular formula is C26H34N4O3S. The number of aromatic nitrogens is 2. The number of nitrogens with zero attached hydrogens (tertiary/aromatic N) is 4. The third-order valence-corrected chi connectivity index (χ3v) is 8.61. The summed E-state index contributed by atoms with van der Waals surface area (Å²) in [7, 11) is -0.199. The topological polar surface area (TPSA) is 78.7 Å². The molecule has 1 aliphatic heterocycles. The second-order valence-corrected chi connectivity index (χ2v) is 11.2. The molecular weight excluding hydrogens is 448 g/mol. The Balaban J connectivity index is 1.27. The maximum absolute atomic E-state index is 12.6. The summed E-state index contributed by atoms with van der Waals surface area (Å²) in [5.41, 5.74) is 4.98. The van der Waals surface area contributed by atoms with Crippen LogP contribution in [0.1, 0.15) is 29.9 Å². The Labute approximate surface area is 202 Å². The fraction of sp³-hybridized carbons (Fsp3) is 0.423. The molecule has 0 unspecified atom stereocenters. The van der Waals surface area contributed by atoms with E-state index in [9.17, 15) is 13.5 Å². The van der Waals surface area contributed by atoms with Gasteiger partial charge in [0.2, 0.25) is 0 Å². The Kier molecular flexibility index (Phi) is 7.52. The molecule has 0 aliphatic carbocycles. The molecule has 0 bridgehead atoms. The number of hydrogen-bond donors (Lipinski definition) is 1. The number of benzene rings is 2. The first-order valence-corrected chi connectivity index (χ1v) is 13.2. The van der Waals surface area contributed by atoms with Gasteiger partial charge in [0.25, 0.3) is 10.0 Å². The highest BCUT2D eigenvalue weighted by Crippen LogP contribution is 2.35. The fourth-order valence-corrected chi connectivity index (χ4v) is 5.88. The van der Waals surface area contributed by atoms with E-state index in [4.69, 9.17) is 0 Å². The van der Waals surface area contributed by atoms with Crippen molar-refractivity contribution in [1.82, 2.24) is 18.8 Å². The van der Waals surface area contributed by atoms with Gasteiger partial charge in [-0.3, -0.25) is 4.90 Å². The number of imidazole rings is 1. The van der Waals surface area contributed by atoms with Gasteiger partial charge < -0.3 is 9.67 Å². The molecule has 2 aromatic carbocycles. The average molecular weight is 483 g/mol. The van der Waals surface area contributed by atoms with Crippen LogP contribution in [0.5, 0.6) is 0 Å². The minimum atomic E-state index is -3.55. The van der Waals surface area contributed by atoms with Crippen molar-refractivity contribution in [3.05, 3.63) is 72.2 Å². The van der Waals surface area contributed by atoms with Crippen LogP contribution in [-0.4, -0.2) is 71.6 Å². The number of sulfonamides is 1. The molecule has 1 fully saturated rings. The van der Waals surface area contributed by atoms with E-state index in [1.807, 2.05) is 0 Å². The molecule has 3 aromatic rings. The van der Waals surface area contributed by atoms with Crippen LogP contribution in [0.25, 0.3) is 11.1 Å². The van der Waals surface area contributed by atoms with E-state index in [0.717, 1.165) is 25.9 Å². The van der Waals surface area contributed by atoms with Crippen LogP contribution in [-0.2, 0) is 17.1 Å². The molecule has 7 nitrogen and oxygen atoms in total. The molecule has 1 aromatic heterocycles. The zero-order valence-corrected chi connectivity index (χ0v) is 20.9. The third-order valence-electron chi connectivity index (χ3n) is 6.87. The molecule has 2 atom stereocenters. The summed E-state index contributed by atoms with van der Waals surface area (Å²) in [6.45, 7) is 4.45. The quantitative estimate of drug-likeness (QED) is 0.449. The van der Waals surface area contributed by atoms with E-state index in [1.165, 1.54) is 39.1 Å². The highest BCUT2D eigenvalue weighted by Gasteiger charge is 2.38.